The first-order valence-corrected chi connectivity index (χ1v) is 10.3. The fourth-order valence-electron chi connectivity index (χ4n) is 2.83. The SMILES string of the molecule is CNCCCNc1ccc(N2C[C@H](CNC(=O)c3ccc(Cl)s3)OC2=O)cc1. The molecule has 0 unspecified atom stereocenters. The Morgan fingerprint density at radius 3 is 2.71 bits per heavy atom. The lowest BCUT2D eigenvalue weighted by Gasteiger charge is -2.14. The van der Waals surface area contributed by atoms with Gasteiger partial charge in [0.2, 0.25) is 0 Å². The van der Waals surface area contributed by atoms with Gasteiger partial charge in [-0.05, 0) is 56.4 Å². The van der Waals surface area contributed by atoms with Crippen molar-refractivity contribution in [1.82, 2.24) is 10.6 Å². The maximum atomic E-state index is 12.2. The molecule has 1 saturated heterocycles. The average Bonchev–Trinajstić information content (AvgIpc) is 3.29. The molecule has 0 saturated carbocycles. The number of cyclic esters (lactones) is 1. The summed E-state index contributed by atoms with van der Waals surface area (Å²) in [7, 11) is 1.93. The van der Waals surface area contributed by atoms with Crippen LogP contribution in [0, 0.1) is 0 Å². The Balaban J connectivity index is 1.49. The molecule has 3 N–H and O–H groups in total. The molecule has 0 aliphatic carbocycles. The fourth-order valence-corrected chi connectivity index (χ4v) is 3.79. The molecule has 0 radical (unpaired) electrons. The van der Waals surface area contributed by atoms with Crippen LogP contribution in [0.3, 0.4) is 0 Å². The Labute approximate surface area is 173 Å². The van der Waals surface area contributed by atoms with E-state index in [9.17, 15) is 9.59 Å². The third-order valence-electron chi connectivity index (χ3n) is 4.27. The molecule has 1 aromatic heterocycles. The van der Waals surface area contributed by atoms with Crippen LogP contribution >= 0.6 is 22.9 Å². The zero-order chi connectivity index (χ0) is 19.9. The summed E-state index contributed by atoms with van der Waals surface area (Å²) in [6.45, 7) is 2.48. The molecule has 3 rings (SSSR count). The Kier molecular flexibility index (Phi) is 7.13. The van der Waals surface area contributed by atoms with Gasteiger partial charge in [0, 0.05) is 17.9 Å². The minimum Gasteiger partial charge on any atom is -0.442 e. The second-order valence-electron chi connectivity index (χ2n) is 6.36. The van der Waals surface area contributed by atoms with Crippen molar-refractivity contribution >= 4 is 46.3 Å². The Hall–Kier alpha value is -2.29. The van der Waals surface area contributed by atoms with Crippen molar-refractivity contribution in [3.8, 4) is 0 Å². The van der Waals surface area contributed by atoms with E-state index in [1.54, 1.807) is 17.0 Å². The molecule has 1 aliphatic rings. The number of nitrogens with zero attached hydrogens (tertiary/aromatic N) is 1. The minimum atomic E-state index is -0.409. The second-order valence-corrected chi connectivity index (χ2v) is 8.08. The summed E-state index contributed by atoms with van der Waals surface area (Å²) in [6.07, 6.45) is 0.223. The summed E-state index contributed by atoms with van der Waals surface area (Å²) < 4.78 is 5.93. The normalized spacial score (nSPS) is 16.1. The maximum absolute atomic E-state index is 12.2. The monoisotopic (exact) mass is 422 g/mol. The Morgan fingerprint density at radius 1 is 1.25 bits per heavy atom. The molecular formula is C19H23ClN4O3S. The highest BCUT2D eigenvalue weighted by Crippen LogP contribution is 2.24. The van der Waals surface area contributed by atoms with E-state index in [4.69, 9.17) is 16.3 Å². The molecule has 2 amide bonds. The lowest BCUT2D eigenvalue weighted by Crippen LogP contribution is -2.34. The van der Waals surface area contributed by atoms with Gasteiger partial charge in [0.1, 0.15) is 6.10 Å². The Morgan fingerprint density at radius 2 is 2.04 bits per heavy atom. The van der Waals surface area contributed by atoms with Gasteiger partial charge in [0.25, 0.3) is 5.91 Å². The molecule has 7 nitrogen and oxygen atoms in total. The van der Waals surface area contributed by atoms with Gasteiger partial charge in [-0.1, -0.05) is 11.6 Å². The first kappa shape index (κ1) is 20.4. The number of ether oxygens (including phenoxy) is 1. The number of benzene rings is 1. The zero-order valence-electron chi connectivity index (χ0n) is 15.5. The predicted molar refractivity (Wildman–Crippen MR) is 113 cm³/mol. The first-order chi connectivity index (χ1) is 13.6. The molecule has 0 bridgehead atoms. The van der Waals surface area contributed by atoms with E-state index in [1.165, 1.54) is 11.3 Å². The number of carbonyl (C=O) groups is 2. The third-order valence-corrected chi connectivity index (χ3v) is 5.50. The van der Waals surface area contributed by atoms with Crippen molar-refractivity contribution < 1.29 is 14.3 Å². The largest absolute Gasteiger partial charge is 0.442 e. The number of rotatable bonds is 9. The average molecular weight is 423 g/mol. The molecule has 2 heterocycles. The van der Waals surface area contributed by atoms with Crippen molar-refractivity contribution in [2.75, 3.05) is 43.4 Å². The highest BCUT2D eigenvalue weighted by Gasteiger charge is 2.32. The molecule has 2 aromatic rings. The van der Waals surface area contributed by atoms with Crippen molar-refractivity contribution in [2.45, 2.75) is 12.5 Å². The van der Waals surface area contributed by atoms with E-state index in [2.05, 4.69) is 16.0 Å². The van der Waals surface area contributed by atoms with Gasteiger partial charge in [-0.25, -0.2) is 4.79 Å². The van der Waals surface area contributed by atoms with Gasteiger partial charge < -0.3 is 20.7 Å². The molecular weight excluding hydrogens is 400 g/mol. The van der Waals surface area contributed by atoms with Crippen molar-refractivity contribution in [1.29, 1.82) is 0 Å². The Bertz CT molecular complexity index is 812. The van der Waals surface area contributed by atoms with E-state index >= 15 is 0 Å². The smallest absolute Gasteiger partial charge is 0.414 e. The summed E-state index contributed by atoms with van der Waals surface area (Å²) in [5.41, 5.74) is 1.77. The van der Waals surface area contributed by atoms with Crippen LogP contribution in [0.5, 0.6) is 0 Å². The van der Waals surface area contributed by atoms with Crippen molar-refractivity contribution in [3.63, 3.8) is 0 Å². The van der Waals surface area contributed by atoms with Crippen LogP contribution in [-0.2, 0) is 4.74 Å². The van der Waals surface area contributed by atoms with Gasteiger partial charge in [-0.15, -0.1) is 11.3 Å². The number of carbonyl (C=O) groups excluding carboxylic acids is 2. The molecule has 28 heavy (non-hydrogen) atoms. The molecule has 0 spiro atoms. The van der Waals surface area contributed by atoms with Crippen LogP contribution < -0.4 is 20.9 Å². The minimum absolute atomic E-state index is 0.222. The van der Waals surface area contributed by atoms with Gasteiger partial charge in [-0.3, -0.25) is 9.69 Å². The topological polar surface area (TPSA) is 82.7 Å². The number of hydrogen-bond donors (Lipinski definition) is 3. The second kappa shape index (κ2) is 9.77. The summed E-state index contributed by atoms with van der Waals surface area (Å²) in [5.74, 6) is -0.222. The summed E-state index contributed by atoms with van der Waals surface area (Å²) >= 11 is 7.06. The van der Waals surface area contributed by atoms with Crippen LogP contribution in [0.25, 0.3) is 0 Å². The van der Waals surface area contributed by atoms with E-state index in [0.29, 0.717) is 15.8 Å². The summed E-state index contributed by atoms with van der Waals surface area (Å²) in [5, 5.41) is 9.23. The van der Waals surface area contributed by atoms with E-state index in [1.807, 2.05) is 31.3 Å². The van der Waals surface area contributed by atoms with Crippen LogP contribution in [0.1, 0.15) is 16.1 Å². The van der Waals surface area contributed by atoms with Crippen molar-refractivity contribution in [2.24, 2.45) is 0 Å². The molecule has 1 fully saturated rings. The van der Waals surface area contributed by atoms with Crippen molar-refractivity contribution in [3.05, 3.63) is 45.6 Å². The van der Waals surface area contributed by atoms with E-state index in [-0.39, 0.29) is 12.5 Å². The van der Waals surface area contributed by atoms with Crippen LogP contribution in [-0.4, -0.2) is 51.3 Å². The highest BCUT2D eigenvalue weighted by atomic mass is 35.5. The van der Waals surface area contributed by atoms with Gasteiger partial charge in [0.05, 0.1) is 22.3 Å². The zero-order valence-corrected chi connectivity index (χ0v) is 17.1. The van der Waals surface area contributed by atoms with Gasteiger partial charge in [0.15, 0.2) is 0 Å². The molecule has 1 atom stereocenters. The quantitative estimate of drug-likeness (QED) is 0.540. The van der Waals surface area contributed by atoms with Gasteiger partial charge >= 0.3 is 6.09 Å². The number of anilines is 2. The lowest BCUT2D eigenvalue weighted by atomic mass is 10.2. The third kappa shape index (κ3) is 5.37. The fraction of sp³-hybridized carbons (Fsp3) is 0.368. The van der Waals surface area contributed by atoms with Crippen LogP contribution in [0.2, 0.25) is 4.34 Å². The summed E-state index contributed by atoms with van der Waals surface area (Å²) in [4.78, 5) is 26.4. The molecule has 1 aromatic carbocycles. The first-order valence-electron chi connectivity index (χ1n) is 9.07. The lowest BCUT2D eigenvalue weighted by molar-refractivity contribution is 0.0920. The number of halogens is 1. The predicted octanol–water partition coefficient (Wildman–Crippen LogP) is 3.18. The standard InChI is InChI=1S/C19H23ClN4O3S/c1-21-9-2-10-22-13-3-5-14(6-4-13)24-12-15(27-19(24)26)11-23-18(25)16-7-8-17(20)28-16/h3-8,15,21-22H,2,9-12H2,1H3,(H,23,25)/t15-/m0/s1. The molecule has 150 valence electrons. The number of hydrogen-bond acceptors (Lipinski definition) is 6. The number of amides is 2. The molecule has 9 heteroatoms. The highest BCUT2D eigenvalue weighted by molar-refractivity contribution is 7.17. The number of nitrogens with one attached hydrogen (secondary N) is 3. The maximum Gasteiger partial charge on any atom is 0.414 e. The van der Waals surface area contributed by atoms with Crippen LogP contribution in [0.15, 0.2) is 36.4 Å². The van der Waals surface area contributed by atoms with E-state index in [0.717, 1.165) is 30.9 Å². The van der Waals surface area contributed by atoms with E-state index < -0.39 is 12.2 Å². The molecule has 1 aliphatic heterocycles. The summed E-state index contributed by atoms with van der Waals surface area (Å²) in [6, 6.07) is 11.0. The van der Waals surface area contributed by atoms with Gasteiger partial charge in [-0.2, -0.15) is 0 Å². The number of thiophene rings is 1. The van der Waals surface area contributed by atoms with Crippen LogP contribution in [0.4, 0.5) is 16.2 Å².